The van der Waals surface area contributed by atoms with Gasteiger partial charge in [-0.25, -0.2) is 9.79 Å². The second-order valence-electron chi connectivity index (χ2n) is 8.83. The highest BCUT2D eigenvalue weighted by Crippen LogP contribution is 2.31. The third-order valence-corrected chi connectivity index (χ3v) is 7.36. The third kappa shape index (κ3) is 7.41. The number of benzene rings is 3. The van der Waals surface area contributed by atoms with Crippen molar-refractivity contribution in [2.75, 3.05) is 32.7 Å². The van der Waals surface area contributed by atoms with Crippen LogP contribution in [0.4, 0.5) is 11.4 Å². The van der Waals surface area contributed by atoms with Gasteiger partial charge in [0.15, 0.2) is 5.17 Å². The Kier molecular flexibility index (Phi) is 9.80. The maximum Gasteiger partial charge on any atom is 0.338 e. The van der Waals surface area contributed by atoms with E-state index in [1.54, 1.807) is 74.6 Å². The van der Waals surface area contributed by atoms with Crippen LogP contribution in [0, 0.1) is 0 Å². The molecule has 9 nitrogen and oxygen atoms in total. The molecule has 1 fully saturated rings. The van der Waals surface area contributed by atoms with Gasteiger partial charge in [0.05, 0.1) is 32.1 Å². The number of hydrogen-bond acceptors (Lipinski definition) is 8. The van der Waals surface area contributed by atoms with E-state index < -0.39 is 11.2 Å². The van der Waals surface area contributed by atoms with E-state index in [1.165, 1.54) is 11.8 Å². The predicted molar refractivity (Wildman–Crippen MR) is 156 cm³/mol. The van der Waals surface area contributed by atoms with Gasteiger partial charge in [-0.2, -0.15) is 0 Å². The van der Waals surface area contributed by atoms with Crippen molar-refractivity contribution in [1.82, 2.24) is 4.90 Å². The molecule has 10 heteroatoms. The third-order valence-electron chi connectivity index (χ3n) is 6.18. The molecule has 1 saturated heterocycles. The molecule has 0 saturated carbocycles. The smallest absolute Gasteiger partial charge is 0.338 e. The number of carbonyl (C=O) groups is 3. The molecule has 1 heterocycles. The van der Waals surface area contributed by atoms with Crippen LogP contribution in [0.25, 0.3) is 0 Å². The fraction of sp³-hybridized carbons (Fsp3) is 0.267. The molecular formula is C30H31N3O6S. The molecule has 0 aliphatic carbocycles. The summed E-state index contributed by atoms with van der Waals surface area (Å²) in [5.41, 5.74) is 2.60. The number of aliphatic imine (C=N–C) groups is 1. The average Bonchev–Trinajstić information content (AvgIpc) is 2.97. The highest BCUT2D eigenvalue weighted by Gasteiger charge is 2.35. The quantitative estimate of drug-likeness (QED) is 0.344. The highest BCUT2D eigenvalue weighted by molar-refractivity contribution is 8.15. The van der Waals surface area contributed by atoms with E-state index in [4.69, 9.17) is 19.2 Å². The topological polar surface area (TPSA) is 107 Å². The van der Waals surface area contributed by atoms with Crippen LogP contribution in [0.2, 0.25) is 0 Å². The summed E-state index contributed by atoms with van der Waals surface area (Å²) in [6.07, 6.45) is 0.642. The summed E-state index contributed by atoms with van der Waals surface area (Å²) in [6.45, 7) is 2.43. The average molecular weight is 562 g/mol. The lowest BCUT2D eigenvalue weighted by molar-refractivity contribution is -0.129. The normalized spacial score (nSPS) is 16.0. The Labute approximate surface area is 237 Å². The number of rotatable bonds is 10. The first kappa shape index (κ1) is 28.7. The first-order chi connectivity index (χ1) is 19.4. The molecule has 3 aromatic carbocycles. The number of methoxy groups -OCH3 is 2. The largest absolute Gasteiger partial charge is 0.497 e. The lowest BCUT2D eigenvalue weighted by Crippen LogP contribution is -2.46. The second kappa shape index (κ2) is 13.7. The Bertz CT molecular complexity index is 1360. The first-order valence-corrected chi connectivity index (χ1v) is 13.7. The standard InChI is InChI=1S/C30H31N3O6S/c1-4-39-29(36)21-7-9-22(10-8-21)31-28(35)26-19-27(34)33(18-17-20-5-13-24(37-2)14-6-20)30(40-26)32-23-11-15-25(38-3)16-12-23/h5-16,26H,4,17-19H2,1-3H3,(H,31,35). The summed E-state index contributed by atoms with van der Waals surface area (Å²) in [4.78, 5) is 44.8. The number of amidine groups is 1. The van der Waals surface area contributed by atoms with Gasteiger partial charge in [0.1, 0.15) is 16.7 Å². The van der Waals surface area contributed by atoms with Gasteiger partial charge >= 0.3 is 5.97 Å². The van der Waals surface area contributed by atoms with E-state index in [0.29, 0.717) is 40.8 Å². The van der Waals surface area contributed by atoms with Crippen molar-refractivity contribution in [1.29, 1.82) is 0 Å². The molecule has 4 rings (SSSR count). The van der Waals surface area contributed by atoms with Crippen molar-refractivity contribution in [3.8, 4) is 11.5 Å². The first-order valence-electron chi connectivity index (χ1n) is 12.8. The summed E-state index contributed by atoms with van der Waals surface area (Å²) >= 11 is 1.25. The van der Waals surface area contributed by atoms with Gasteiger partial charge in [-0.05, 0) is 79.6 Å². The summed E-state index contributed by atoms with van der Waals surface area (Å²) < 4.78 is 15.5. The number of ether oxygens (including phenoxy) is 3. The minimum Gasteiger partial charge on any atom is -0.497 e. The van der Waals surface area contributed by atoms with Gasteiger partial charge in [0.25, 0.3) is 0 Å². The molecule has 1 aliphatic rings. The van der Waals surface area contributed by atoms with Crippen LogP contribution in [0.3, 0.4) is 0 Å². The van der Waals surface area contributed by atoms with Gasteiger partial charge in [-0.15, -0.1) is 0 Å². The van der Waals surface area contributed by atoms with Crippen LogP contribution in [-0.2, 0) is 20.7 Å². The van der Waals surface area contributed by atoms with Crippen LogP contribution in [0.5, 0.6) is 11.5 Å². The van der Waals surface area contributed by atoms with Crippen LogP contribution in [0.15, 0.2) is 77.8 Å². The van der Waals surface area contributed by atoms with E-state index in [1.807, 2.05) is 24.3 Å². The maximum absolute atomic E-state index is 13.3. The zero-order chi connectivity index (χ0) is 28.5. The molecule has 0 bridgehead atoms. The number of amides is 2. The lowest BCUT2D eigenvalue weighted by atomic mass is 10.1. The van der Waals surface area contributed by atoms with E-state index >= 15 is 0 Å². The summed E-state index contributed by atoms with van der Waals surface area (Å²) in [6, 6.07) is 21.3. The number of nitrogens with zero attached hydrogens (tertiary/aromatic N) is 2. The van der Waals surface area contributed by atoms with Gasteiger partial charge in [-0.3, -0.25) is 14.5 Å². The molecule has 1 unspecified atom stereocenters. The van der Waals surface area contributed by atoms with E-state index in [2.05, 4.69) is 5.32 Å². The molecule has 1 atom stereocenters. The van der Waals surface area contributed by atoms with Crippen LogP contribution >= 0.6 is 11.8 Å². The van der Waals surface area contributed by atoms with E-state index in [0.717, 1.165) is 11.3 Å². The van der Waals surface area contributed by atoms with Crippen molar-refractivity contribution in [3.63, 3.8) is 0 Å². The van der Waals surface area contributed by atoms with Gasteiger partial charge < -0.3 is 19.5 Å². The fourth-order valence-corrected chi connectivity index (χ4v) is 5.11. The molecule has 208 valence electrons. The summed E-state index contributed by atoms with van der Waals surface area (Å²) in [5, 5.41) is 2.62. The van der Waals surface area contributed by atoms with Crippen LogP contribution in [-0.4, -0.2) is 60.5 Å². The predicted octanol–water partition coefficient (Wildman–Crippen LogP) is 5.08. The second-order valence-corrected chi connectivity index (χ2v) is 10.0. The van der Waals surface area contributed by atoms with E-state index in [9.17, 15) is 14.4 Å². The van der Waals surface area contributed by atoms with Crippen molar-refractivity contribution in [3.05, 3.63) is 83.9 Å². The minimum absolute atomic E-state index is 0.0294. The summed E-state index contributed by atoms with van der Waals surface area (Å²) in [5.74, 6) is 0.526. The van der Waals surface area contributed by atoms with Crippen molar-refractivity contribution in [2.45, 2.75) is 25.0 Å². The fourth-order valence-electron chi connectivity index (χ4n) is 3.99. The molecule has 40 heavy (non-hydrogen) atoms. The van der Waals surface area contributed by atoms with Gasteiger partial charge in [0, 0.05) is 18.7 Å². The van der Waals surface area contributed by atoms with Crippen molar-refractivity contribution < 1.29 is 28.6 Å². The molecule has 1 N–H and O–H groups in total. The molecule has 2 amide bonds. The Balaban J connectivity index is 1.50. The maximum atomic E-state index is 13.3. The van der Waals surface area contributed by atoms with E-state index in [-0.39, 0.29) is 24.8 Å². The summed E-state index contributed by atoms with van der Waals surface area (Å²) in [7, 11) is 3.21. The highest BCUT2D eigenvalue weighted by atomic mass is 32.2. The number of esters is 1. The number of anilines is 1. The number of nitrogens with one attached hydrogen (secondary N) is 1. The monoisotopic (exact) mass is 561 g/mol. The van der Waals surface area contributed by atoms with Crippen LogP contribution in [0.1, 0.15) is 29.3 Å². The lowest BCUT2D eigenvalue weighted by Gasteiger charge is -2.32. The molecule has 0 radical (unpaired) electrons. The number of carbonyl (C=O) groups excluding carboxylic acids is 3. The molecule has 3 aromatic rings. The zero-order valence-corrected chi connectivity index (χ0v) is 23.4. The van der Waals surface area contributed by atoms with Gasteiger partial charge in [-0.1, -0.05) is 23.9 Å². The minimum atomic E-state index is -0.675. The van der Waals surface area contributed by atoms with Crippen molar-refractivity contribution in [2.24, 2.45) is 4.99 Å². The Morgan fingerprint density at radius 2 is 1.57 bits per heavy atom. The van der Waals surface area contributed by atoms with Gasteiger partial charge in [0.2, 0.25) is 11.8 Å². The van der Waals surface area contributed by atoms with Crippen LogP contribution < -0.4 is 14.8 Å². The zero-order valence-electron chi connectivity index (χ0n) is 22.6. The molecular weight excluding hydrogens is 530 g/mol. The Morgan fingerprint density at radius 1 is 0.950 bits per heavy atom. The molecule has 0 spiro atoms. The Morgan fingerprint density at radius 3 is 2.17 bits per heavy atom. The molecule has 1 aliphatic heterocycles. The van der Waals surface area contributed by atoms with Crippen molar-refractivity contribution >= 4 is 46.1 Å². The SMILES string of the molecule is CCOC(=O)c1ccc(NC(=O)C2CC(=O)N(CCc3ccc(OC)cc3)C(=Nc3ccc(OC)cc3)S2)cc1. The Hall–Kier alpha value is -4.31. The number of thioether (sulfide) groups is 1. The molecule has 0 aromatic heterocycles. The number of hydrogen-bond donors (Lipinski definition) is 1.